The van der Waals surface area contributed by atoms with E-state index >= 15 is 0 Å². The summed E-state index contributed by atoms with van der Waals surface area (Å²) < 4.78 is 10.2. The summed E-state index contributed by atoms with van der Waals surface area (Å²) in [6, 6.07) is 0. The van der Waals surface area contributed by atoms with E-state index in [9.17, 15) is 30.0 Å². The molecule has 8 atom stereocenters. The van der Waals surface area contributed by atoms with Crippen LogP contribution in [0.2, 0.25) is 0 Å². The summed E-state index contributed by atoms with van der Waals surface area (Å²) in [4.78, 5) is 24.0. The third-order valence-corrected chi connectivity index (χ3v) is 10.9. The molecule has 40 heavy (non-hydrogen) atoms. The molecular weight excluding hydrogens is 520 g/mol. The molecular formula is C30H48O10. The fraction of sp³-hybridized carbons (Fsp3) is 0.800. The van der Waals surface area contributed by atoms with E-state index in [2.05, 4.69) is 27.7 Å². The normalized spacial score (nSPS) is 41.9. The van der Waals surface area contributed by atoms with Crippen molar-refractivity contribution in [2.75, 3.05) is 26.4 Å². The molecule has 10 nitrogen and oxygen atoms in total. The van der Waals surface area contributed by atoms with Gasteiger partial charge in [0.1, 0.15) is 13.2 Å². The van der Waals surface area contributed by atoms with Gasteiger partial charge in [0.25, 0.3) is 0 Å². The van der Waals surface area contributed by atoms with Gasteiger partial charge in [0.05, 0.1) is 36.6 Å². The first-order valence-electron chi connectivity index (χ1n) is 14.0. The summed E-state index contributed by atoms with van der Waals surface area (Å²) >= 11 is 0. The standard InChI is InChI=1S/2C15H22O4.2H2O/c2*1-14(2)4-8-10(5-14)15(3,7-16)11-9(12(8)17)6-19-13(11)18;;/h2*8,10,12,16-17H,4-7H2,1-3H3;2*1H2/t2*8-,10+,12+,15-;;/m11../s1. The maximum atomic E-state index is 12.0. The molecule has 2 fully saturated rings. The predicted molar refractivity (Wildman–Crippen MR) is 146 cm³/mol. The lowest BCUT2D eigenvalue weighted by Crippen LogP contribution is -2.46. The van der Waals surface area contributed by atoms with Gasteiger partial charge in [0.2, 0.25) is 0 Å². The molecule has 0 saturated heterocycles. The second-order valence-electron chi connectivity index (χ2n) is 14.7. The molecule has 0 aromatic rings. The van der Waals surface area contributed by atoms with E-state index in [1.165, 1.54) is 0 Å². The van der Waals surface area contributed by atoms with Crippen LogP contribution in [-0.2, 0) is 19.1 Å². The van der Waals surface area contributed by atoms with E-state index in [-0.39, 0.29) is 83.8 Å². The molecule has 0 amide bonds. The van der Waals surface area contributed by atoms with Gasteiger partial charge in [0.15, 0.2) is 0 Å². The van der Waals surface area contributed by atoms with Crippen LogP contribution in [0.4, 0.5) is 0 Å². The van der Waals surface area contributed by atoms with E-state index in [1.54, 1.807) is 0 Å². The van der Waals surface area contributed by atoms with Gasteiger partial charge in [0, 0.05) is 22.0 Å². The Bertz CT molecular complexity index is 1020. The SMILES string of the molecule is CC1(C)C[C@H]2[C@H](O)C3=C(C(=O)OC3)[C@](C)(CO)[C@H]2C1.CC1(C)C[C@H]2[C@H](O)C3=C(C(=O)OC3)[C@](C)(CO)[C@H]2C1.O.O. The Balaban J connectivity index is 0.000000210. The maximum absolute atomic E-state index is 12.0. The van der Waals surface area contributed by atoms with Crippen molar-refractivity contribution in [3.8, 4) is 0 Å². The average Bonchev–Trinajstić information content (AvgIpc) is 3.60. The molecule has 0 unspecified atom stereocenters. The van der Waals surface area contributed by atoms with Crippen LogP contribution < -0.4 is 0 Å². The average molecular weight is 569 g/mol. The molecule has 4 aliphatic carbocycles. The zero-order chi connectivity index (χ0) is 28.0. The van der Waals surface area contributed by atoms with Crippen molar-refractivity contribution < 1.29 is 50.4 Å². The van der Waals surface area contributed by atoms with Crippen LogP contribution in [0.3, 0.4) is 0 Å². The molecule has 0 aromatic heterocycles. The van der Waals surface area contributed by atoms with Gasteiger partial charge in [-0.3, -0.25) is 0 Å². The maximum Gasteiger partial charge on any atom is 0.335 e. The molecule has 2 aliphatic heterocycles. The molecule has 2 saturated carbocycles. The molecule has 228 valence electrons. The second-order valence-corrected chi connectivity index (χ2v) is 14.7. The Hall–Kier alpha value is -1.82. The second kappa shape index (κ2) is 10.5. The van der Waals surface area contributed by atoms with Crippen molar-refractivity contribution in [1.82, 2.24) is 0 Å². The number of rotatable bonds is 2. The molecule has 6 aliphatic rings. The summed E-state index contributed by atoms with van der Waals surface area (Å²) in [6.07, 6.45) is 2.53. The van der Waals surface area contributed by atoms with Gasteiger partial charge in [-0.2, -0.15) is 0 Å². The summed E-state index contributed by atoms with van der Waals surface area (Å²) in [6.45, 7) is 12.9. The monoisotopic (exact) mass is 568 g/mol. The van der Waals surface area contributed by atoms with E-state index in [0.717, 1.165) is 25.7 Å². The summed E-state index contributed by atoms with van der Waals surface area (Å²) in [7, 11) is 0. The highest BCUT2D eigenvalue weighted by Gasteiger charge is 2.60. The minimum absolute atomic E-state index is 0. The lowest BCUT2D eigenvalue weighted by atomic mass is 9.60. The zero-order valence-corrected chi connectivity index (χ0v) is 24.5. The van der Waals surface area contributed by atoms with Crippen molar-refractivity contribution in [3.05, 3.63) is 22.3 Å². The van der Waals surface area contributed by atoms with E-state index in [4.69, 9.17) is 9.47 Å². The van der Waals surface area contributed by atoms with Crippen LogP contribution >= 0.6 is 0 Å². The van der Waals surface area contributed by atoms with Gasteiger partial charge < -0.3 is 40.9 Å². The van der Waals surface area contributed by atoms with Crippen molar-refractivity contribution in [2.24, 2.45) is 45.3 Å². The minimum atomic E-state index is -0.590. The third kappa shape index (κ3) is 4.65. The van der Waals surface area contributed by atoms with Crippen molar-refractivity contribution in [1.29, 1.82) is 0 Å². The quantitative estimate of drug-likeness (QED) is 0.352. The summed E-state index contributed by atoms with van der Waals surface area (Å²) in [5.74, 6) is -0.165. The zero-order valence-electron chi connectivity index (χ0n) is 24.5. The topological polar surface area (TPSA) is 197 Å². The molecule has 0 spiro atoms. The number of hydrogen-bond donors (Lipinski definition) is 4. The molecule has 10 heteroatoms. The lowest BCUT2D eigenvalue weighted by molar-refractivity contribution is -0.138. The van der Waals surface area contributed by atoms with E-state index < -0.39 is 23.0 Å². The summed E-state index contributed by atoms with van der Waals surface area (Å²) in [5, 5.41) is 40.9. The molecule has 8 N–H and O–H groups in total. The molecule has 2 heterocycles. The van der Waals surface area contributed by atoms with Gasteiger partial charge in [-0.05, 0) is 60.2 Å². The molecule has 0 bridgehead atoms. The number of aliphatic hydroxyl groups is 4. The predicted octanol–water partition coefficient (Wildman–Crippen LogP) is 0.881. The first-order valence-corrected chi connectivity index (χ1v) is 14.0. The van der Waals surface area contributed by atoms with Crippen LogP contribution in [0.25, 0.3) is 0 Å². The molecule has 6 rings (SSSR count). The van der Waals surface area contributed by atoms with Crippen LogP contribution in [0.15, 0.2) is 22.3 Å². The van der Waals surface area contributed by atoms with E-state index in [1.807, 2.05) is 13.8 Å². The molecule has 0 radical (unpaired) electrons. The van der Waals surface area contributed by atoms with Gasteiger partial charge in [-0.15, -0.1) is 0 Å². The van der Waals surface area contributed by atoms with Crippen LogP contribution in [0.1, 0.15) is 67.2 Å². The number of hydrogen-bond acceptors (Lipinski definition) is 8. The van der Waals surface area contributed by atoms with Crippen molar-refractivity contribution >= 4 is 11.9 Å². The Kier molecular flexibility index (Phi) is 8.56. The number of carbonyl (C=O) groups excluding carboxylic acids is 2. The van der Waals surface area contributed by atoms with Gasteiger partial charge >= 0.3 is 11.9 Å². The highest BCUT2D eigenvalue weighted by atomic mass is 16.5. The first kappa shape index (κ1) is 32.7. The van der Waals surface area contributed by atoms with Crippen LogP contribution in [0.5, 0.6) is 0 Å². The number of ether oxygens (including phenoxy) is 2. The lowest BCUT2D eigenvalue weighted by Gasteiger charge is -2.44. The van der Waals surface area contributed by atoms with E-state index in [0.29, 0.717) is 22.3 Å². The Labute approximate surface area is 236 Å². The number of aliphatic hydroxyl groups excluding tert-OH is 4. The van der Waals surface area contributed by atoms with Crippen LogP contribution in [0, 0.1) is 45.3 Å². The smallest absolute Gasteiger partial charge is 0.335 e. The van der Waals surface area contributed by atoms with Gasteiger partial charge in [-0.25, -0.2) is 9.59 Å². The number of fused-ring (bicyclic) bond motifs is 2. The fourth-order valence-electron chi connectivity index (χ4n) is 9.06. The Morgan fingerprint density at radius 2 is 0.975 bits per heavy atom. The first-order chi connectivity index (χ1) is 17.6. The minimum Gasteiger partial charge on any atom is -0.458 e. The van der Waals surface area contributed by atoms with Crippen molar-refractivity contribution in [2.45, 2.75) is 79.4 Å². The molecule has 0 aromatic carbocycles. The Morgan fingerprint density at radius 1 is 0.650 bits per heavy atom. The Morgan fingerprint density at radius 3 is 1.27 bits per heavy atom. The van der Waals surface area contributed by atoms with Crippen LogP contribution in [-0.4, -0.2) is 82.0 Å². The fourth-order valence-corrected chi connectivity index (χ4v) is 9.06. The summed E-state index contributed by atoms with van der Waals surface area (Å²) in [5.41, 5.74) is 1.66. The third-order valence-electron chi connectivity index (χ3n) is 10.9. The number of carbonyl (C=O) groups is 2. The largest absolute Gasteiger partial charge is 0.458 e. The number of esters is 2. The highest BCUT2D eigenvalue weighted by Crippen LogP contribution is 2.61. The van der Waals surface area contributed by atoms with Gasteiger partial charge in [-0.1, -0.05) is 41.5 Å². The number of cyclic esters (lactones) is 2. The highest BCUT2D eigenvalue weighted by molar-refractivity contribution is 5.94. The van der Waals surface area contributed by atoms with Crippen molar-refractivity contribution in [3.63, 3.8) is 0 Å².